The number of hydrogen-bond donors (Lipinski definition) is 0. The van der Waals surface area contributed by atoms with Crippen LogP contribution in [0.15, 0.2) is 0 Å². The Morgan fingerprint density at radius 2 is 1.53 bits per heavy atom. The van der Waals surface area contributed by atoms with Crippen molar-refractivity contribution in [3.63, 3.8) is 0 Å². The van der Waals surface area contributed by atoms with Crippen LogP contribution in [0.3, 0.4) is 0 Å². The van der Waals surface area contributed by atoms with Crippen molar-refractivity contribution in [2.24, 2.45) is 0 Å². The number of rotatable bonds is 4. The van der Waals surface area contributed by atoms with E-state index in [9.17, 15) is 0 Å². The summed E-state index contributed by atoms with van der Waals surface area (Å²) in [5.41, 5.74) is 0. The van der Waals surface area contributed by atoms with Crippen molar-refractivity contribution in [1.29, 1.82) is 0 Å². The molecule has 0 amide bonds. The number of halogens is 1. The van der Waals surface area contributed by atoms with Gasteiger partial charge in [-0.15, -0.1) is 0 Å². The molecule has 6 atom stereocenters. The fraction of sp³-hybridized carbons (Fsp3) is 1.00. The molecule has 19 heavy (non-hydrogen) atoms. The first-order chi connectivity index (χ1) is 8.87. The van der Waals surface area contributed by atoms with Crippen molar-refractivity contribution >= 4 is 22.6 Å². The standard InChI is InChI=1S/C11H17IN.C5H5.Fe/c1-4-13(5-2)9(3)10-7-6-8-11(10)12;1-2-4-5-3-1;/h6-9H,4-5H2,1-3H3;1-5H;/t9-;;/m1../s1. The molecule has 10 aliphatic rings. The van der Waals surface area contributed by atoms with Gasteiger partial charge in [-0.2, -0.15) is 0 Å². The van der Waals surface area contributed by atoms with Gasteiger partial charge in [-0.1, -0.05) is 0 Å². The van der Waals surface area contributed by atoms with Crippen molar-refractivity contribution < 1.29 is 6.51 Å². The van der Waals surface area contributed by atoms with Crippen molar-refractivity contribution in [2.75, 3.05) is 13.1 Å². The Morgan fingerprint density at radius 1 is 1.00 bits per heavy atom. The third-order valence-electron chi connectivity index (χ3n) is 16.8. The first-order valence-corrected chi connectivity index (χ1v) is 15.8. The van der Waals surface area contributed by atoms with Gasteiger partial charge in [0.25, 0.3) is 0 Å². The van der Waals surface area contributed by atoms with E-state index in [4.69, 9.17) is 0 Å². The Bertz CT molecular complexity index is 1000. The van der Waals surface area contributed by atoms with Gasteiger partial charge in [-0.25, -0.2) is 0 Å². The molecule has 0 aromatic carbocycles. The van der Waals surface area contributed by atoms with Crippen LogP contribution in [0.5, 0.6) is 0 Å². The summed E-state index contributed by atoms with van der Waals surface area (Å²) in [4.78, 5) is 14.6. The summed E-state index contributed by atoms with van der Waals surface area (Å²) < 4.78 is 2.05. The molecule has 1 nitrogen and oxygen atoms in total. The van der Waals surface area contributed by atoms with Crippen LogP contribution in [0, 0.1) is 0 Å². The number of fused-ring (bicyclic) bond motifs is 10. The SMILES string of the molecule is CCN(CC)[C@H](C)[C@@]12[CH]3[CH]4[CH]5[C]1(I)[Fe]45321678[CH]2[CH]1[CH]6[CH]7[CH]28. The van der Waals surface area contributed by atoms with E-state index in [0.717, 1.165) is 12.7 Å². The molecule has 0 aliphatic carbocycles. The molecule has 4 unspecified atom stereocenters. The summed E-state index contributed by atoms with van der Waals surface area (Å²) in [7, 11) is 0. The average Bonchev–Trinajstić information content (AvgIpc) is 3.34. The van der Waals surface area contributed by atoms with Gasteiger partial charge in [0.2, 0.25) is 0 Å². The zero-order chi connectivity index (χ0) is 12.5. The summed E-state index contributed by atoms with van der Waals surface area (Å²) >= 11 is 3.17. The molecule has 0 radical (unpaired) electrons. The molecule has 0 saturated carbocycles. The van der Waals surface area contributed by atoms with Crippen molar-refractivity contribution in [3.8, 4) is 0 Å². The van der Waals surface area contributed by atoms with Crippen molar-refractivity contribution in [3.05, 3.63) is 0 Å². The van der Waals surface area contributed by atoms with Crippen LogP contribution in [-0.4, -0.2) is 26.4 Å². The second-order valence-electron chi connectivity index (χ2n) is 11.6. The Labute approximate surface area is 118 Å². The fourth-order valence-electron chi connectivity index (χ4n) is 18.6. The van der Waals surface area contributed by atoms with Crippen LogP contribution in [0.2, 0.25) is 42.8 Å². The molecular formula is C16H22FeIN. The molecule has 0 aromatic heterocycles. The van der Waals surface area contributed by atoms with Gasteiger partial charge in [0.15, 0.2) is 0 Å². The minimum atomic E-state index is -2.96. The van der Waals surface area contributed by atoms with Crippen LogP contribution in [0.25, 0.3) is 0 Å². The van der Waals surface area contributed by atoms with Gasteiger partial charge < -0.3 is 0 Å². The maximum atomic E-state index is 3.17. The molecular weight excluding hydrogens is 389 g/mol. The van der Waals surface area contributed by atoms with Gasteiger partial charge in [-0.3, -0.25) is 0 Å². The van der Waals surface area contributed by atoms with E-state index in [-0.39, 0.29) is 0 Å². The van der Waals surface area contributed by atoms with Gasteiger partial charge >= 0.3 is 119 Å². The molecule has 10 saturated heterocycles. The molecule has 106 valence electrons. The van der Waals surface area contributed by atoms with E-state index >= 15 is 0 Å². The Kier molecular flexibility index (Phi) is 0.360. The molecule has 0 aromatic rings. The second-order valence-corrected chi connectivity index (χ2v) is 37.5. The van der Waals surface area contributed by atoms with E-state index < -0.39 is 6.51 Å². The van der Waals surface area contributed by atoms with Crippen LogP contribution >= 0.6 is 22.6 Å². The molecule has 10 aliphatic heterocycles. The number of alkyl halides is 1. The molecule has 10 heterocycles. The first kappa shape index (κ1) is 8.74. The van der Waals surface area contributed by atoms with Crippen LogP contribution in [-0.2, 0) is 6.51 Å². The monoisotopic (exact) mass is 411 g/mol. The summed E-state index contributed by atoms with van der Waals surface area (Å²) in [5, 5.41) is 0. The Morgan fingerprint density at radius 3 is 1.74 bits per heavy atom. The third kappa shape index (κ3) is 0.0970. The molecule has 1 spiro atoms. The first-order valence-electron chi connectivity index (χ1n) is 8.51. The number of nitrogens with zero attached hydrogens (tertiary/aromatic N) is 1. The molecule has 0 N–H and O–H groups in total. The van der Waals surface area contributed by atoms with Crippen molar-refractivity contribution in [2.45, 2.75) is 72.0 Å². The quantitative estimate of drug-likeness (QED) is 0.365. The predicted molar refractivity (Wildman–Crippen MR) is 81.8 cm³/mol. The number of hydrogen-bond acceptors (Lipinski definition) is 1. The predicted octanol–water partition coefficient (Wildman–Crippen LogP) is 4.82. The van der Waals surface area contributed by atoms with E-state index in [1.807, 2.05) is 0 Å². The van der Waals surface area contributed by atoms with E-state index in [0.29, 0.717) is 0 Å². The van der Waals surface area contributed by atoms with Crippen LogP contribution < -0.4 is 0 Å². The van der Waals surface area contributed by atoms with E-state index in [1.165, 1.54) is 51.6 Å². The Hall–Kier alpha value is 1.21. The summed E-state index contributed by atoms with van der Waals surface area (Å²) in [6, 6.07) is 0.975. The zero-order valence-corrected chi connectivity index (χ0v) is 15.1. The third-order valence-corrected chi connectivity index (χ3v) is 70.0. The molecule has 0 bridgehead atoms. The van der Waals surface area contributed by atoms with Crippen LogP contribution in [0.4, 0.5) is 0 Å². The fourth-order valence-corrected chi connectivity index (χ4v) is 112. The topological polar surface area (TPSA) is 3.24 Å². The summed E-state index contributed by atoms with van der Waals surface area (Å²) in [6.07, 6.45) is 0. The van der Waals surface area contributed by atoms with Crippen LogP contribution in [0.1, 0.15) is 20.8 Å². The zero-order valence-electron chi connectivity index (χ0n) is 11.8. The van der Waals surface area contributed by atoms with Gasteiger partial charge in [-0.05, 0) is 0 Å². The van der Waals surface area contributed by atoms with Gasteiger partial charge in [0.1, 0.15) is 0 Å². The summed E-state index contributed by atoms with van der Waals surface area (Å²) in [5.74, 6) is 0. The van der Waals surface area contributed by atoms with Gasteiger partial charge in [0, 0.05) is 0 Å². The van der Waals surface area contributed by atoms with E-state index in [1.54, 1.807) is 0 Å². The molecule has 10 fully saturated rings. The summed E-state index contributed by atoms with van der Waals surface area (Å²) in [6.45, 7) is 7.15. The maximum absolute atomic E-state index is 3.17. The molecule has 10 rings (SSSR count). The van der Waals surface area contributed by atoms with Gasteiger partial charge in [0.05, 0.1) is 0 Å². The average molecular weight is 411 g/mol. The molecule has 3 heteroatoms. The minimum absolute atomic E-state index is 0.975. The second kappa shape index (κ2) is 0.783. The normalized spacial score (nSPS) is 114. The Balaban J connectivity index is 1.47. The van der Waals surface area contributed by atoms with Crippen molar-refractivity contribution in [1.82, 2.24) is 4.90 Å². The van der Waals surface area contributed by atoms with E-state index in [2.05, 4.69) is 48.3 Å².